The lowest BCUT2D eigenvalue weighted by Gasteiger charge is -2.28. The third kappa shape index (κ3) is 2.63. The first kappa shape index (κ1) is 16.4. The Morgan fingerprint density at radius 2 is 2.08 bits per heavy atom. The number of esters is 1. The molecule has 0 bridgehead atoms. The summed E-state index contributed by atoms with van der Waals surface area (Å²) in [6.45, 7) is 1.34. The van der Waals surface area contributed by atoms with Gasteiger partial charge in [-0.3, -0.25) is 4.79 Å². The van der Waals surface area contributed by atoms with E-state index in [0.29, 0.717) is 15.6 Å². The van der Waals surface area contributed by atoms with Crippen molar-refractivity contribution in [3.8, 4) is 0 Å². The van der Waals surface area contributed by atoms with Crippen LogP contribution in [0.3, 0.4) is 0 Å². The Bertz CT molecular complexity index is 877. The Morgan fingerprint density at radius 1 is 1.33 bits per heavy atom. The van der Waals surface area contributed by atoms with Crippen LogP contribution in [0.4, 0.5) is 5.95 Å². The van der Waals surface area contributed by atoms with Gasteiger partial charge in [0.25, 0.3) is 0 Å². The molecule has 0 amide bonds. The van der Waals surface area contributed by atoms with E-state index in [1.165, 1.54) is 18.7 Å². The summed E-state index contributed by atoms with van der Waals surface area (Å²) in [5, 5.41) is 14.8. The van der Waals surface area contributed by atoms with E-state index in [-0.39, 0.29) is 23.0 Å². The van der Waals surface area contributed by atoms with Crippen LogP contribution in [0.2, 0.25) is 10.0 Å². The molecule has 3 rings (SSSR count). The number of nitrogens with zero attached hydrogens (tertiary/aromatic N) is 4. The topological polar surface area (TPSA) is 99.0 Å². The van der Waals surface area contributed by atoms with Gasteiger partial charge in [0.1, 0.15) is 11.7 Å². The van der Waals surface area contributed by atoms with E-state index < -0.39 is 12.0 Å². The van der Waals surface area contributed by atoms with Crippen molar-refractivity contribution in [1.82, 2.24) is 20.2 Å². The number of halogens is 2. The molecule has 1 aromatic heterocycles. The predicted octanol–water partition coefficient (Wildman–Crippen LogP) is 2.01. The van der Waals surface area contributed by atoms with Gasteiger partial charge >= 0.3 is 5.97 Å². The Hall–Kier alpha value is -2.45. The number of nitrogens with one attached hydrogen (secondary N) is 1. The number of ether oxygens (including phenoxy) is 1. The molecule has 0 radical (unpaired) electrons. The first-order valence-corrected chi connectivity index (χ1v) is 7.53. The number of hydrogen-bond acceptors (Lipinski definition) is 7. The van der Waals surface area contributed by atoms with E-state index in [0.717, 1.165) is 0 Å². The number of carbonyl (C=O) groups excluding carboxylic acids is 2. The number of carbonyl (C=O) groups is 2. The number of aromatic nitrogens is 4. The Morgan fingerprint density at radius 3 is 2.71 bits per heavy atom. The smallest absolute Gasteiger partial charge is 0.355 e. The van der Waals surface area contributed by atoms with E-state index in [1.54, 1.807) is 18.2 Å². The second kappa shape index (κ2) is 6.21. The molecule has 0 unspecified atom stereocenters. The molecule has 10 heteroatoms. The zero-order valence-electron chi connectivity index (χ0n) is 12.6. The van der Waals surface area contributed by atoms with Gasteiger partial charge in [0, 0.05) is 15.6 Å². The molecule has 2 heterocycles. The van der Waals surface area contributed by atoms with Crippen LogP contribution in [-0.4, -0.2) is 39.1 Å². The molecule has 24 heavy (non-hydrogen) atoms. The fraction of sp³-hybridized carbons (Fsp3) is 0.214. The van der Waals surface area contributed by atoms with Crippen LogP contribution in [0.15, 0.2) is 29.5 Å². The summed E-state index contributed by atoms with van der Waals surface area (Å²) in [4.78, 5) is 24.4. The zero-order chi connectivity index (χ0) is 17.4. The number of ketones is 1. The van der Waals surface area contributed by atoms with E-state index >= 15 is 0 Å². The maximum atomic E-state index is 12.3. The van der Waals surface area contributed by atoms with Gasteiger partial charge in [-0.25, -0.2) is 4.79 Å². The first-order chi connectivity index (χ1) is 11.4. The number of fused-ring (bicyclic) bond motifs is 1. The maximum Gasteiger partial charge on any atom is 0.355 e. The highest BCUT2D eigenvalue weighted by atomic mass is 35.5. The summed E-state index contributed by atoms with van der Waals surface area (Å²) in [5.74, 6) is -0.860. The Labute approximate surface area is 146 Å². The van der Waals surface area contributed by atoms with E-state index in [2.05, 4.69) is 20.8 Å². The molecule has 8 nitrogen and oxygen atoms in total. The van der Waals surface area contributed by atoms with Crippen LogP contribution in [0, 0.1) is 0 Å². The number of allylic oxidation sites excluding steroid dienone is 1. The lowest BCUT2D eigenvalue weighted by Crippen LogP contribution is -2.32. The largest absolute Gasteiger partial charge is 0.464 e. The average Bonchev–Trinajstić information content (AvgIpc) is 3.00. The molecule has 0 spiro atoms. The number of tetrazole rings is 1. The molecule has 124 valence electrons. The van der Waals surface area contributed by atoms with Crippen molar-refractivity contribution in [2.75, 3.05) is 12.4 Å². The van der Waals surface area contributed by atoms with Gasteiger partial charge in [-0.15, -0.1) is 0 Å². The van der Waals surface area contributed by atoms with E-state index in [1.807, 2.05) is 0 Å². The predicted molar refractivity (Wildman–Crippen MR) is 85.8 cm³/mol. The van der Waals surface area contributed by atoms with Crippen molar-refractivity contribution >= 4 is 40.9 Å². The molecule has 0 saturated heterocycles. The number of Topliss-reactive ketones (excluding diaryl/α,β-unsaturated/α-hetero) is 1. The minimum Gasteiger partial charge on any atom is -0.464 e. The van der Waals surface area contributed by atoms with Crippen molar-refractivity contribution < 1.29 is 14.3 Å². The van der Waals surface area contributed by atoms with Crippen molar-refractivity contribution in [3.63, 3.8) is 0 Å². The summed E-state index contributed by atoms with van der Waals surface area (Å²) < 4.78 is 6.13. The molecular formula is C14H11Cl2N5O3. The molecular weight excluding hydrogens is 357 g/mol. The summed E-state index contributed by atoms with van der Waals surface area (Å²) in [5.41, 5.74) is 0.650. The highest BCUT2D eigenvalue weighted by Gasteiger charge is 2.37. The normalized spacial score (nSPS) is 16.4. The Balaban J connectivity index is 2.28. The lowest BCUT2D eigenvalue weighted by molar-refractivity contribution is -0.136. The minimum absolute atomic E-state index is 0.0247. The van der Waals surface area contributed by atoms with Gasteiger partial charge in [0.15, 0.2) is 5.78 Å². The number of rotatable bonds is 3. The SMILES string of the molecule is COC(=O)C1=C(C(C)=O)[C@H](c2ccc(Cl)cc2Cl)n2nnnc2N1. The third-order valence-electron chi connectivity index (χ3n) is 3.54. The fourth-order valence-corrected chi connectivity index (χ4v) is 3.04. The summed E-state index contributed by atoms with van der Waals surface area (Å²) in [6.07, 6.45) is 0. The number of anilines is 1. The van der Waals surface area contributed by atoms with Crippen LogP contribution < -0.4 is 5.32 Å². The standard InChI is InChI=1S/C14H11Cl2N5O3/c1-6(22)10-11(13(23)24-2)17-14-18-19-20-21(14)12(10)8-4-3-7(15)5-9(8)16/h3-5,12H,1-2H3,(H,17,18,20)/t12-/m0/s1. The van der Waals surface area contributed by atoms with Gasteiger partial charge < -0.3 is 10.1 Å². The van der Waals surface area contributed by atoms with Crippen LogP contribution in [0.25, 0.3) is 0 Å². The molecule has 1 aliphatic rings. The molecule has 1 aliphatic heterocycles. The van der Waals surface area contributed by atoms with E-state index in [4.69, 9.17) is 27.9 Å². The zero-order valence-corrected chi connectivity index (χ0v) is 14.1. The highest BCUT2D eigenvalue weighted by molar-refractivity contribution is 6.35. The molecule has 2 aromatic rings. The highest BCUT2D eigenvalue weighted by Crippen LogP contribution is 2.38. The van der Waals surface area contributed by atoms with Crippen LogP contribution in [-0.2, 0) is 14.3 Å². The molecule has 1 N–H and O–H groups in total. The minimum atomic E-state index is -0.785. The third-order valence-corrected chi connectivity index (χ3v) is 4.11. The van der Waals surface area contributed by atoms with Gasteiger partial charge in [-0.05, 0) is 29.5 Å². The maximum absolute atomic E-state index is 12.3. The number of hydrogen-bond donors (Lipinski definition) is 1. The van der Waals surface area contributed by atoms with Gasteiger partial charge in [0.2, 0.25) is 5.95 Å². The van der Waals surface area contributed by atoms with Gasteiger partial charge in [-0.2, -0.15) is 4.68 Å². The van der Waals surface area contributed by atoms with E-state index in [9.17, 15) is 9.59 Å². The molecule has 1 atom stereocenters. The molecule has 0 aliphatic carbocycles. The van der Waals surface area contributed by atoms with Gasteiger partial charge in [0.05, 0.1) is 12.7 Å². The average molecular weight is 368 g/mol. The summed E-state index contributed by atoms with van der Waals surface area (Å²) in [6, 6.07) is 4.04. The first-order valence-electron chi connectivity index (χ1n) is 6.77. The molecule has 1 aromatic carbocycles. The Kier molecular flexibility index (Phi) is 4.25. The summed E-state index contributed by atoms with van der Waals surface area (Å²) >= 11 is 12.2. The van der Waals surface area contributed by atoms with Crippen molar-refractivity contribution in [2.24, 2.45) is 0 Å². The molecule has 0 fully saturated rings. The fourth-order valence-electron chi connectivity index (χ4n) is 2.53. The second-order valence-electron chi connectivity index (χ2n) is 4.98. The van der Waals surface area contributed by atoms with Crippen LogP contribution in [0.5, 0.6) is 0 Å². The number of methoxy groups -OCH3 is 1. The van der Waals surface area contributed by atoms with Gasteiger partial charge in [-0.1, -0.05) is 34.4 Å². The van der Waals surface area contributed by atoms with Crippen LogP contribution in [0.1, 0.15) is 18.5 Å². The second-order valence-corrected chi connectivity index (χ2v) is 5.82. The summed E-state index contributed by atoms with van der Waals surface area (Å²) in [7, 11) is 1.22. The number of benzene rings is 1. The molecule has 0 saturated carbocycles. The quantitative estimate of drug-likeness (QED) is 0.828. The monoisotopic (exact) mass is 367 g/mol. The lowest BCUT2D eigenvalue weighted by atomic mass is 9.93. The van der Waals surface area contributed by atoms with Crippen molar-refractivity contribution in [2.45, 2.75) is 13.0 Å². The van der Waals surface area contributed by atoms with Crippen molar-refractivity contribution in [1.29, 1.82) is 0 Å². The van der Waals surface area contributed by atoms with Crippen molar-refractivity contribution in [3.05, 3.63) is 45.1 Å². The van der Waals surface area contributed by atoms with Crippen LogP contribution >= 0.6 is 23.2 Å².